The first-order valence-corrected chi connectivity index (χ1v) is 7.49. The summed E-state index contributed by atoms with van der Waals surface area (Å²) in [5.74, 6) is -0.968. The molecule has 0 atom stereocenters. The third kappa shape index (κ3) is 4.21. The van der Waals surface area contributed by atoms with Crippen LogP contribution in [0.5, 0.6) is 0 Å². The summed E-state index contributed by atoms with van der Waals surface area (Å²) in [5, 5.41) is 0.643. The number of nitrogens with zero attached hydrogens (tertiary/aromatic N) is 2. The first-order valence-electron chi connectivity index (χ1n) is 5.54. The second kappa shape index (κ2) is 4.47. The third-order valence-corrected chi connectivity index (χ3v) is 3.79. The number of halogens is 5. The third-order valence-electron chi connectivity index (χ3n) is 2.66. The van der Waals surface area contributed by atoms with Crippen molar-refractivity contribution in [1.29, 1.82) is 0 Å². The molecule has 0 unspecified atom stereocenters. The fourth-order valence-electron chi connectivity index (χ4n) is 1.45. The summed E-state index contributed by atoms with van der Waals surface area (Å²) < 4.78 is 64.7. The van der Waals surface area contributed by atoms with E-state index in [1.165, 1.54) is 19.0 Å². The second-order valence-corrected chi connectivity index (χ2v) is 6.97. The van der Waals surface area contributed by atoms with Gasteiger partial charge >= 0.3 is 10.2 Å². The molecule has 0 radical (unpaired) electrons. The van der Waals surface area contributed by atoms with E-state index in [1.807, 2.05) is 0 Å². The van der Waals surface area contributed by atoms with Crippen molar-refractivity contribution in [1.82, 2.24) is 5.06 Å². The molecule has 0 aliphatic heterocycles. The van der Waals surface area contributed by atoms with Crippen molar-refractivity contribution >= 4 is 21.8 Å². The molecule has 21 heavy (non-hydrogen) atoms. The maximum atomic E-state index is 12.9. The van der Waals surface area contributed by atoms with E-state index in [-0.39, 0.29) is 11.8 Å². The van der Waals surface area contributed by atoms with Crippen molar-refractivity contribution in [3.63, 3.8) is 0 Å². The highest BCUT2D eigenvalue weighted by Crippen LogP contribution is 3.02. The molecule has 1 amide bonds. The number of benzene rings is 1. The Morgan fingerprint density at radius 1 is 1.05 bits per heavy atom. The molecule has 1 rings (SSSR count). The molecule has 122 valence electrons. The normalized spacial score (nSPS) is 15.1. The summed E-state index contributed by atoms with van der Waals surface area (Å²) in [6.45, 7) is 0. The Morgan fingerprint density at radius 2 is 1.57 bits per heavy atom. The predicted octanol–water partition coefficient (Wildman–Crippen LogP) is 4.04. The maximum Gasteiger partial charge on any atom is 0.310 e. The van der Waals surface area contributed by atoms with Gasteiger partial charge in [0.15, 0.2) is 0 Å². The average Bonchev–Trinajstić information content (AvgIpc) is 2.33. The zero-order valence-corrected chi connectivity index (χ0v) is 12.6. The monoisotopic (exact) mass is 334 g/mol. The van der Waals surface area contributed by atoms with Crippen molar-refractivity contribution < 1.29 is 29.1 Å². The van der Waals surface area contributed by atoms with Crippen LogP contribution in [0.2, 0.25) is 0 Å². The zero-order valence-electron chi connectivity index (χ0n) is 11.7. The summed E-state index contributed by atoms with van der Waals surface area (Å²) in [7, 11) is -4.86. The SMILES string of the molecule is CON(C)C(=O)c1cc(N(C)C)cc(S(F)(F)(F)(F)F)c1. The van der Waals surface area contributed by atoms with Crippen LogP contribution in [0.3, 0.4) is 0 Å². The summed E-state index contributed by atoms with van der Waals surface area (Å²) in [6, 6.07) is 1.52. The van der Waals surface area contributed by atoms with E-state index in [0.717, 1.165) is 20.2 Å². The molecule has 0 saturated carbocycles. The van der Waals surface area contributed by atoms with Crippen LogP contribution >= 0.6 is 10.2 Å². The molecule has 0 saturated heterocycles. The van der Waals surface area contributed by atoms with Gasteiger partial charge in [0.05, 0.1) is 7.11 Å². The van der Waals surface area contributed by atoms with Crippen molar-refractivity contribution in [3.8, 4) is 0 Å². The molecule has 0 spiro atoms. The highest BCUT2D eigenvalue weighted by Gasteiger charge is 2.65. The van der Waals surface area contributed by atoms with Gasteiger partial charge in [0.1, 0.15) is 4.90 Å². The van der Waals surface area contributed by atoms with Crippen LogP contribution in [0.15, 0.2) is 23.1 Å². The van der Waals surface area contributed by atoms with Gasteiger partial charge in [-0.15, -0.1) is 0 Å². The first kappa shape index (κ1) is 17.5. The Kier molecular flexibility index (Phi) is 3.73. The van der Waals surface area contributed by atoms with Crippen LogP contribution in [0.25, 0.3) is 0 Å². The molecule has 1 aromatic carbocycles. The zero-order chi connectivity index (χ0) is 16.7. The van der Waals surface area contributed by atoms with E-state index in [4.69, 9.17) is 0 Å². The molecule has 0 heterocycles. The van der Waals surface area contributed by atoms with E-state index >= 15 is 0 Å². The van der Waals surface area contributed by atoms with Crippen LogP contribution in [-0.4, -0.2) is 39.2 Å². The first-order chi connectivity index (χ1) is 9.15. The molecule has 0 aliphatic rings. The number of rotatable bonds is 4. The largest absolute Gasteiger partial charge is 0.378 e. The lowest BCUT2D eigenvalue weighted by molar-refractivity contribution is -0.0757. The summed E-state index contributed by atoms with van der Waals surface area (Å²) in [6.07, 6.45) is 0. The lowest BCUT2D eigenvalue weighted by Gasteiger charge is -2.41. The number of hydrogen-bond donors (Lipinski definition) is 0. The van der Waals surface area contributed by atoms with Gasteiger partial charge in [-0.3, -0.25) is 9.63 Å². The van der Waals surface area contributed by atoms with Gasteiger partial charge in [0.2, 0.25) is 0 Å². The van der Waals surface area contributed by atoms with Crippen molar-refractivity contribution in [3.05, 3.63) is 23.8 Å². The Bertz CT molecular complexity index is 573. The van der Waals surface area contributed by atoms with Crippen LogP contribution in [0.1, 0.15) is 10.4 Å². The van der Waals surface area contributed by atoms with Crippen LogP contribution in [-0.2, 0) is 4.84 Å². The Hall–Kier alpha value is -1.55. The number of anilines is 1. The molecule has 0 aromatic heterocycles. The number of carbonyl (C=O) groups excluding carboxylic acids is 1. The fourth-order valence-corrected chi connectivity index (χ4v) is 2.15. The quantitative estimate of drug-likeness (QED) is 0.615. The number of hydroxylamine groups is 2. The Labute approximate surface area is 118 Å². The van der Waals surface area contributed by atoms with Gasteiger partial charge in [-0.2, -0.15) is 0 Å². The van der Waals surface area contributed by atoms with Gasteiger partial charge in [0.25, 0.3) is 5.91 Å². The van der Waals surface area contributed by atoms with E-state index in [2.05, 4.69) is 4.84 Å². The maximum absolute atomic E-state index is 12.9. The van der Waals surface area contributed by atoms with Gasteiger partial charge in [-0.05, 0) is 18.2 Å². The van der Waals surface area contributed by atoms with E-state index in [9.17, 15) is 24.2 Å². The van der Waals surface area contributed by atoms with Gasteiger partial charge in [-0.1, -0.05) is 19.4 Å². The summed E-state index contributed by atoms with van der Waals surface area (Å²) >= 11 is 0. The van der Waals surface area contributed by atoms with Crippen molar-refractivity contribution in [2.24, 2.45) is 0 Å². The van der Waals surface area contributed by atoms with Crippen LogP contribution in [0.4, 0.5) is 25.1 Å². The molecule has 0 bridgehead atoms. The van der Waals surface area contributed by atoms with Gasteiger partial charge in [-0.25, -0.2) is 5.06 Å². The van der Waals surface area contributed by atoms with E-state index < -0.39 is 26.6 Å². The standard InChI is InChI=1S/C11H15F5N2O2S/c1-17(2)9-5-8(11(19)18(3)20-4)6-10(7-9)21(12,13,14,15)16/h5-7H,1-4H3. The summed E-state index contributed by atoms with van der Waals surface area (Å²) in [5.41, 5.74) is -0.720. The Balaban J connectivity index is 3.57. The summed E-state index contributed by atoms with van der Waals surface area (Å²) in [4.78, 5) is 15.4. The minimum Gasteiger partial charge on any atom is -0.378 e. The molecule has 0 fully saturated rings. The Morgan fingerprint density at radius 3 is 1.95 bits per heavy atom. The predicted molar refractivity (Wildman–Crippen MR) is 71.3 cm³/mol. The fraction of sp³-hybridized carbons (Fsp3) is 0.364. The lowest BCUT2D eigenvalue weighted by atomic mass is 10.2. The smallest absolute Gasteiger partial charge is 0.310 e. The van der Waals surface area contributed by atoms with E-state index in [1.54, 1.807) is 0 Å². The van der Waals surface area contributed by atoms with Crippen molar-refractivity contribution in [2.75, 3.05) is 33.2 Å². The minimum atomic E-state index is -9.89. The molecule has 10 heteroatoms. The van der Waals surface area contributed by atoms with Crippen molar-refractivity contribution in [2.45, 2.75) is 4.90 Å². The highest BCUT2D eigenvalue weighted by molar-refractivity contribution is 8.45. The van der Waals surface area contributed by atoms with Crippen LogP contribution in [0, 0.1) is 0 Å². The topological polar surface area (TPSA) is 32.8 Å². The average molecular weight is 334 g/mol. The number of carbonyl (C=O) groups is 1. The van der Waals surface area contributed by atoms with Crippen LogP contribution < -0.4 is 4.90 Å². The molecule has 1 aromatic rings. The molecular formula is C11H15F5N2O2S. The van der Waals surface area contributed by atoms with Gasteiger partial charge in [0, 0.05) is 32.4 Å². The molecular weight excluding hydrogens is 319 g/mol. The second-order valence-electron chi connectivity index (χ2n) is 4.56. The van der Waals surface area contributed by atoms with Gasteiger partial charge < -0.3 is 4.90 Å². The lowest BCUT2D eigenvalue weighted by Crippen LogP contribution is -2.26. The minimum absolute atomic E-state index is 0.131. The number of amides is 1. The van der Waals surface area contributed by atoms with E-state index in [0.29, 0.717) is 11.1 Å². The molecule has 4 nitrogen and oxygen atoms in total. The number of hydrogen-bond acceptors (Lipinski definition) is 3. The molecule has 0 N–H and O–H groups in total. The highest BCUT2D eigenvalue weighted by atomic mass is 32.5. The molecule has 0 aliphatic carbocycles.